The number of hydrogen-bond donors (Lipinski definition) is 2. The molecule has 2 rings (SSSR count). The number of ether oxygens (including phenoxy) is 1. The Morgan fingerprint density at radius 2 is 2.26 bits per heavy atom. The molecule has 1 heterocycles. The Morgan fingerprint density at radius 3 is 2.84 bits per heavy atom. The van der Waals surface area contributed by atoms with Crippen molar-refractivity contribution < 1.29 is 9.53 Å². The Morgan fingerprint density at radius 1 is 1.53 bits per heavy atom. The topological polar surface area (TPSA) is 67.6 Å². The van der Waals surface area contributed by atoms with E-state index in [9.17, 15) is 4.79 Å². The van der Waals surface area contributed by atoms with E-state index in [-0.39, 0.29) is 5.91 Å². The lowest BCUT2D eigenvalue weighted by atomic mass is 9.94. The van der Waals surface area contributed by atoms with Crippen molar-refractivity contribution in [1.82, 2.24) is 10.2 Å². The molecular formula is C14H27N3O2. The van der Waals surface area contributed by atoms with Crippen molar-refractivity contribution in [2.75, 3.05) is 26.2 Å². The van der Waals surface area contributed by atoms with Crippen LogP contribution in [0.25, 0.3) is 0 Å². The van der Waals surface area contributed by atoms with Gasteiger partial charge in [0, 0.05) is 19.1 Å². The van der Waals surface area contributed by atoms with Gasteiger partial charge in [0.05, 0.1) is 18.2 Å². The Labute approximate surface area is 115 Å². The molecule has 1 saturated carbocycles. The second-order valence-corrected chi connectivity index (χ2v) is 6.20. The molecule has 2 unspecified atom stereocenters. The maximum atomic E-state index is 11.6. The van der Waals surface area contributed by atoms with Crippen molar-refractivity contribution in [2.24, 2.45) is 5.73 Å². The van der Waals surface area contributed by atoms with Gasteiger partial charge >= 0.3 is 0 Å². The third-order valence-electron chi connectivity index (χ3n) is 4.12. The molecule has 5 heteroatoms. The number of amides is 1. The fraction of sp³-hybridized carbons (Fsp3) is 0.929. The average molecular weight is 269 g/mol. The number of hydrogen-bond acceptors (Lipinski definition) is 4. The monoisotopic (exact) mass is 269 g/mol. The first-order valence-electron chi connectivity index (χ1n) is 7.41. The number of nitrogens with one attached hydrogen (secondary N) is 1. The summed E-state index contributed by atoms with van der Waals surface area (Å²) >= 11 is 0. The lowest BCUT2D eigenvalue weighted by Gasteiger charge is -2.33. The van der Waals surface area contributed by atoms with E-state index in [0.717, 1.165) is 39.1 Å². The average Bonchev–Trinajstić information content (AvgIpc) is 3.12. The Balaban J connectivity index is 1.73. The molecule has 1 aliphatic heterocycles. The van der Waals surface area contributed by atoms with Crippen molar-refractivity contribution >= 4 is 5.91 Å². The lowest BCUT2D eigenvalue weighted by Crippen LogP contribution is -2.54. The zero-order valence-corrected chi connectivity index (χ0v) is 12.2. The van der Waals surface area contributed by atoms with Gasteiger partial charge in [0.2, 0.25) is 5.91 Å². The van der Waals surface area contributed by atoms with E-state index in [1.165, 1.54) is 12.8 Å². The molecule has 0 aromatic carbocycles. The first kappa shape index (κ1) is 14.8. The molecular weight excluding hydrogens is 242 g/mol. The molecule has 2 aliphatic rings. The summed E-state index contributed by atoms with van der Waals surface area (Å²) in [4.78, 5) is 14.1. The van der Waals surface area contributed by atoms with Crippen molar-refractivity contribution in [3.8, 4) is 0 Å². The predicted molar refractivity (Wildman–Crippen MR) is 74.8 cm³/mol. The molecule has 0 aromatic rings. The van der Waals surface area contributed by atoms with Crippen LogP contribution in [-0.4, -0.2) is 54.7 Å². The number of rotatable bonds is 7. The SMILES string of the molecule is CC1CN(CCCC(C)(NC2CC2)C(N)=O)CCO1. The minimum Gasteiger partial charge on any atom is -0.376 e. The second-order valence-electron chi connectivity index (χ2n) is 6.20. The predicted octanol–water partition coefficient (Wildman–Crippen LogP) is 0.483. The quantitative estimate of drug-likeness (QED) is 0.705. The minimum absolute atomic E-state index is 0.227. The first-order valence-corrected chi connectivity index (χ1v) is 7.41. The maximum Gasteiger partial charge on any atom is 0.237 e. The van der Waals surface area contributed by atoms with E-state index < -0.39 is 5.54 Å². The standard InChI is InChI=1S/C14H27N3O2/c1-11-10-17(8-9-19-11)7-3-6-14(2,13(15)18)16-12-4-5-12/h11-12,16H,3-10H2,1-2H3,(H2,15,18). The van der Waals surface area contributed by atoms with E-state index in [1.807, 2.05) is 6.92 Å². The summed E-state index contributed by atoms with van der Waals surface area (Å²) < 4.78 is 5.53. The summed E-state index contributed by atoms with van der Waals surface area (Å²) in [5.41, 5.74) is 5.01. The highest BCUT2D eigenvalue weighted by atomic mass is 16.5. The number of nitrogens with zero attached hydrogens (tertiary/aromatic N) is 1. The van der Waals surface area contributed by atoms with Crippen molar-refractivity contribution in [3.63, 3.8) is 0 Å². The van der Waals surface area contributed by atoms with E-state index >= 15 is 0 Å². The van der Waals surface area contributed by atoms with Crippen LogP contribution >= 0.6 is 0 Å². The lowest BCUT2D eigenvalue weighted by molar-refractivity contribution is -0.124. The van der Waals surface area contributed by atoms with E-state index in [0.29, 0.717) is 12.1 Å². The number of morpholine rings is 1. The number of nitrogens with two attached hydrogens (primary N) is 1. The van der Waals surface area contributed by atoms with Crippen LogP contribution in [0, 0.1) is 0 Å². The van der Waals surface area contributed by atoms with Crippen molar-refractivity contribution in [1.29, 1.82) is 0 Å². The fourth-order valence-electron chi connectivity index (χ4n) is 2.69. The van der Waals surface area contributed by atoms with Crippen LogP contribution in [0.2, 0.25) is 0 Å². The molecule has 5 nitrogen and oxygen atoms in total. The molecule has 2 fully saturated rings. The number of primary amides is 1. The third kappa shape index (κ3) is 4.44. The molecule has 0 aromatic heterocycles. The second kappa shape index (κ2) is 6.20. The smallest absolute Gasteiger partial charge is 0.237 e. The van der Waals surface area contributed by atoms with Gasteiger partial charge in [0.15, 0.2) is 0 Å². The summed E-state index contributed by atoms with van der Waals surface area (Å²) in [6.45, 7) is 7.86. The van der Waals surface area contributed by atoms with Gasteiger partial charge < -0.3 is 15.8 Å². The molecule has 0 spiro atoms. The van der Waals surface area contributed by atoms with Gasteiger partial charge in [0.1, 0.15) is 0 Å². The molecule has 1 saturated heterocycles. The molecule has 19 heavy (non-hydrogen) atoms. The molecule has 1 aliphatic carbocycles. The van der Waals surface area contributed by atoms with Crippen LogP contribution < -0.4 is 11.1 Å². The summed E-state index contributed by atoms with van der Waals surface area (Å²) in [5, 5.41) is 3.40. The van der Waals surface area contributed by atoms with Gasteiger partial charge in [-0.3, -0.25) is 9.69 Å². The molecule has 0 radical (unpaired) electrons. The van der Waals surface area contributed by atoms with Gasteiger partial charge in [-0.15, -0.1) is 0 Å². The van der Waals surface area contributed by atoms with Gasteiger partial charge in [-0.2, -0.15) is 0 Å². The summed E-state index contributed by atoms with van der Waals surface area (Å²) in [5.74, 6) is -0.227. The zero-order chi connectivity index (χ0) is 13.9. The van der Waals surface area contributed by atoms with Crippen LogP contribution in [0.1, 0.15) is 39.5 Å². The summed E-state index contributed by atoms with van der Waals surface area (Å²) in [6.07, 6.45) is 4.46. The third-order valence-corrected chi connectivity index (χ3v) is 4.12. The Kier molecular flexibility index (Phi) is 4.81. The number of carbonyl (C=O) groups is 1. The van der Waals surface area contributed by atoms with Gasteiger partial charge in [-0.25, -0.2) is 0 Å². The fourth-order valence-corrected chi connectivity index (χ4v) is 2.69. The van der Waals surface area contributed by atoms with E-state index in [1.54, 1.807) is 0 Å². The highest BCUT2D eigenvalue weighted by Gasteiger charge is 2.36. The van der Waals surface area contributed by atoms with Crippen LogP contribution in [0.3, 0.4) is 0 Å². The first-order chi connectivity index (χ1) is 8.99. The normalized spacial score (nSPS) is 28.0. The Bertz CT molecular complexity index is 320. The molecule has 3 N–H and O–H groups in total. The van der Waals surface area contributed by atoms with Crippen molar-refractivity contribution in [3.05, 3.63) is 0 Å². The van der Waals surface area contributed by atoms with Crippen LogP contribution in [0.15, 0.2) is 0 Å². The van der Waals surface area contributed by atoms with E-state index in [2.05, 4.69) is 17.1 Å². The summed E-state index contributed by atoms with van der Waals surface area (Å²) in [7, 11) is 0. The molecule has 110 valence electrons. The highest BCUT2D eigenvalue weighted by Crippen LogP contribution is 2.24. The van der Waals surface area contributed by atoms with Gasteiger partial charge in [0.25, 0.3) is 0 Å². The van der Waals surface area contributed by atoms with E-state index in [4.69, 9.17) is 10.5 Å². The molecule has 0 bridgehead atoms. The molecule has 1 amide bonds. The summed E-state index contributed by atoms with van der Waals surface area (Å²) in [6, 6.07) is 0.501. The zero-order valence-electron chi connectivity index (χ0n) is 12.2. The maximum absolute atomic E-state index is 11.6. The number of carbonyl (C=O) groups excluding carboxylic acids is 1. The van der Waals surface area contributed by atoms with Crippen LogP contribution in [0.5, 0.6) is 0 Å². The Hall–Kier alpha value is -0.650. The van der Waals surface area contributed by atoms with Gasteiger partial charge in [-0.05, 0) is 46.1 Å². The van der Waals surface area contributed by atoms with Gasteiger partial charge in [-0.1, -0.05) is 0 Å². The van der Waals surface area contributed by atoms with Crippen molar-refractivity contribution in [2.45, 2.75) is 57.2 Å². The minimum atomic E-state index is -0.543. The molecule has 2 atom stereocenters. The van der Waals surface area contributed by atoms with Crippen LogP contribution in [-0.2, 0) is 9.53 Å². The largest absolute Gasteiger partial charge is 0.376 e. The van der Waals surface area contributed by atoms with Crippen LogP contribution in [0.4, 0.5) is 0 Å². The highest BCUT2D eigenvalue weighted by molar-refractivity contribution is 5.84.